The lowest BCUT2D eigenvalue weighted by Crippen LogP contribution is -2.03. The topological polar surface area (TPSA) is 65.6 Å². The Morgan fingerprint density at radius 1 is 1.11 bits per heavy atom. The molecule has 3 aromatic rings. The van der Waals surface area contributed by atoms with Gasteiger partial charge in [0.25, 0.3) is 0 Å². The predicted octanol–water partition coefficient (Wildman–Crippen LogP) is 1.23. The van der Waals surface area contributed by atoms with E-state index in [4.69, 9.17) is 0 Å². The van der Waals surface area contributed by atoms with Crippen molar-refractivity contribution >= 4 is 5.78 Å². The summed E-state index contributed by atoms with van der Waals surface area (Å²) < 4.78 is 1.58. The Labute approximate surface area is 109 Å². The Balaban J connectivity index is 1.92. The molecule has 0 saturated carbocycles. The second-order valence-electron chi connectivity index (χ2n) is 4.09. The van der Waals surface area contributed by atoms with Crippen LogP contribution in [0.5, 0.6) is 0 Å². The number of rotatable bonds is 3. The van der Waals surface area contributed by atoms with Gasteiger partial charge in [0, 0.05) is 13.2 Å². The van der Waals surface area contributed by atoms with E-state index in [2.05, 4.69) is 15.3 Å². The van der Waals surface area contributed by atoms with Crippen molar-refractivity contribution in [3.8, 4) is 5.69 Å². The van der Waals surface area contributed by atoms with Crippen molar-refractivity contribution in [3.63, 3.8) is 0 Å². The molecule has 0 aliphatic carbocycles. The molecular formula is C13H11N5O. The molecule has 1 aromatic carbocycles. The summed E-state index contributed by atoms with van der Waals surface area (Å²) in [6.07, 6.45) is 4.63. The molecule has 0 atom stereocenters. The van der Waals surface area contributed by atoms with Crippen LogP contribution in [0.3, 0.4) is 0 Å². The number of nitrogens with zero attached hydrogens (tertiary/aromatic N) is 5. The van der Waals surface area contributed by atoms with Gasteiger partial charge in [0.2, 0.25) is 5.78 Å². The third-order valence-corrected chi connectivity index (χ3v) is 2.68. The van der Waals surface area contributed by atoms with Crippen molar-refractivity contribution < 1.29 is 4.79 Å². The summed E-state index contributed by atoms with van der Waals surface area (Å²) >= 11 is 0. The summed E-state index contributed by atoms with van der Waals surface area (Å²) in [6.45, 7) is 0. The average Bonchev–Trinajstić information content (AvgIpc) is 3.08. The zero-order valence-electron chi connectivity index (χ0n) is 10.3. The monoisotopic (exact) mass is 253 g/mol. The molecule has 0 N–H and O–H groups in total. The third-order valence-electron chi connectivity index (χ3n) is 2.68. The van der Waals surface area contributed by atoms with E-state index < -0.39 is 0 Å². The number of aromatic nitrogens is 5. The Morgan fingerprint density at radius 3 is 2.58 bits per heavy atom. The zero-order chi connectivity index (χ0) is 13.2. The van der Waals surface area contributed by atoms with Gasteiger partial charge in [-0.15, -0.1) is 5.10 Å². The molecule has 0 spiro atoms. The van der Waals surface area contributed by atoms with Crippen LogP contribution in [0.2, 0.25) is 0 Å². The fraction of sp³-hybridized carbons (Fsp3) is 0.0769. The van der Waals surface area contributed by atoms with Gasteiger partial charge in [-0.05, 0) is 12.1 Å². The van der Waals surface area contributed by atoms with E-state index in [1.807, 2.05) is 30.3 Å². The molecule has 0 aliphatic rings. The Bertz CT molecular complexity index is 713. The highest BCUT2D eigenvalue weighted by atomic mass is 16.1. The molecular weight excluding hydrogens is 242 g/mol. The minimum absolute atomic E-state index is 0.185. The van der Waals surface area contributed by atoms with Gasteiger partial charge in [0.15, 0.2) is 5.69 Å². The number of carbonyl (C=O) groups excluding carboxylic acids is 1. The summed E-state index contributed by atoms with van der Waals surface area (Å²) in [5.41, 5.74) is 1.62. The normalized spacial score (nSPS) is 10.6. The van der Waals surface area contributed by atoms with E-state index in [-0.39, 0.29) is 5.78 Å². The standard InChI is InChI=1S/C13H11N5O/c1-17-9-10(7-14-17)13(19)12-8-15-18(16-12)11-5-3-2-4-6-11/h2-9H,1H3. The highest BCUT2D eigenvalue weighted by molar-refractivity contribution is 6.07. The highest BCUT2D eigenvalue weighted by Crippen LogP contribution is 2.08. The van der Waals surface area contributed by atoms with E-state index in [1.165, 1.54) is 17.2 Å². The molecule has 19 heavy (non-hydrogen) atoms. The maximum absolute atomic E-state index is 12.1. The van der Waals surface area contributed by atoms with Crippen LogP contribution in [0, 0.1) is 0 Å². The van der Waals surface area contributed by atoms with E-state index >= 15 is 0 Å². The van der Waals surface area contributed by atoms with Crippen LogP contribution >= 0.6 is 0 Å². The second kappa shape index (κ2) is 4.49. The smallest absolute Gasteiger partial charge is 0.218 e. The van der Waals surface area contributed by atoms with Crippen LogP contribution in [0.15, 0.2) is 48.9 Å². The van der Waals surface area contributed by atoms with Crippen LogP contribution in [-0.4, -0.2) is 30.6 Å². The van der Waals surface area contributed by atoms with Crippen molar-refractivity contribution in [2.45, 2.75) is 0 Å². The number of para-hydroxylation sites is 1. The Morgan fingerprint density at radius 2 is 1.89 bits per heavy atom. The maximum atomic E-state index is 12.1. The SMILES string of the molecule is Cn1cc(C(=O)c2cnn(-c3ccccc3)n2)cn1. The molecule has 0 unspecified atom stereocenters. The maximum Gasteiger partial charge on any atom is 0.218 e. The number of aryl methyl sites for hydroxylation is 1. The van der Waals surface area contributed by atoms with Crippen LogP contribution in [0.4, 0.5) is 0 Å². The van der Waals surface area contributed by atoms with Gasteiger partial charge in [0.05, 0.1) is 23.6 Å². The highest BCUT2D eigenvalue weighted by Gasteiger charge is 2.15. The molecule has 0 amide bonds. The molecule has 0 radical (unpaired) electrons. The number of ketones is 1. The predicted molar refractivity (Wildman–Crippen MR) is 68.0 cm³/mol. The van der Waals surface area contributed by atoms with Gasteiger partial charge in [-0.1, -0.05) is 18.2 Å². The van der Waals surface area contributed by atoms with Crippen molar-refractivity contribution in [2.24, 2.45) is 7.05 Å². The van der Waals surface area contributed by atoms with Gasteiger partial charge in [-0.25, -0.2) is 0 Å². The molecule has 6 nitrogen and oxygen atoms in total. The van der Waals surface area contributed by atoms with Crippen molar-refractivity contribution in [2.75, 3.05) is 0 Å². The fourth-order valence-electron chi connectivity index (χ4n) is 1.74. The number of carbonyl (C=O) groups is 1. The minimum atomic E-state index is -0.185. The summed E-state index contributed by atoms with van der Waals surface area (Å²) in [7, 11) is 1.76. The summed E-state index contributed by atoms with van der Waals surface area (Å²) in [5, 5.41) is 12.3. The minimum Gasteiger partial charge on any atom is -0.287 e. The molecule has 0 saturated heterocycles. The molecule has 2 aromatic heterocycles. The number of hydrogen-bond donors (Lipinski definition) is 0. The molecule has 0 bridgehead atoms. The van der Waals surface area contributed by atoms with Crippen LogP contribution in [-0.2, 0) is 7.05 Å². The second-order valence-corrected chi connectivity index (χ2v) is 4.09. The molecule has 0 fully saturated rings. The average molecular weight is 253 g/mol. The van der Waals surface area contributed by atoms with Gasteiger partial charge < -0.3 is 0 Å². The molecule has 0 aliphatic heterocycles. The van der Waals surface area contributed by atoms with Crippen molar-refractivity contribution in [1.29, 1.82) is 0 Å². The largest absolute Gasteiger partial charge is 0.287 e. The number of benzene rings is 1. The lowest BCUT2D eigenvalue weighted by Gasteiger charge is -1.97. The quantitative estimate of drug-likeness (QED) is 0.658. The van der Waals surface area contributed by atoms with Crippen LogP contribution in [0.25, 0.3) is 5.69 Å². The van der Waals surface area contributed by atoms with E-state index in [1.54, 1.807) is 17.9 Å². The van der Waals surface area contributed by atoms with Gasteiger partial charge in [-0.3, -0.25) is 9.48 Å². The van der Waals surface area contributed by atoms with Gasteiger partial charge in [-0.2, -0.15) is 15.0 Å². The first-order chi connectivity index (χ1) is 9.24. The van der Waals surface area contributed by atoms with Crippen LogP contribution < -0.4 is 0 Å². The zero-order valence-corrected chi connectivity index (χ0v) is 10.3. The lowest BCUT2D eigenvalue weighted by atomic mass is 10.2. The van der Waals surface area contributed by atoms with Crippen molar-refractivity contribution in [1.82, 2.24) is 24.8 Å². The van der Waals surface area contributed by atoms with Gasteiger partial charge in [0.1, 0.15) is 0 Å². The van der Waals surface area contributed by atoms with E-state index in [0.717, 1.165) is 5.69 Å². The lowest BCUT2D eigenvalue weighted by molar-refractivity contribution is 0.103. The summed E-state index contributed by atoms with van der Waals surface area (Å²) in [6, 6.07) is 9.44. The Kier molecular flexibility index (Phi) is 2.68. The number of hydrogen-bond acceptors (Lipinski definition) is 4. The van der Waals surface area contributed by atoms with Crippen LogP contribution in [0.1, 0.15) is 16.1 Å². The molecule has 94 valence electrons. The first kappa shape index (κ1) is 11.3. The molecule has 6 heteroatoms. The fourth-order valence-corrected chi connectivity index (χ4v) is 1.74. The molecule has 3 rings (SSSR count). The molecule has 2 heterocycles. The summed E-state index contributed by atoms with van der Waals surface area (Å²) in [5.74, 6) is -0.185. The van der Waals surface area contributed by atoms with Gasteiger partial charge >= 0.3 is 0 Å². The third kappa shape index (κ3) is 2.15. The van der Waals surface area contributed by atoms with E-state index in [0.29, 0.717) is 11.3 Å². The van der Waals surface area contributed by atoms with E-state index in [9.17, 15) is 4.79 Å². The summed E-state index contributed by atoms with van der Waals surface area (Å²) in [4.78, 5) is 13.6. The first-order valence-corrected chi connectivity index (χ1v) is 5.75. The first-order valence-electron chi connectivity index (χ1n) is 5.75. The van der Waals surface area contributed by atoms with Crippen molar-refractivity contribution in [3.05, 3.63) is 60.2 Å². The Hall–Kier alpha value is -2.76.